The molecule has 4 heteroatoms. The van der Waals surface area contributed by atoms with Crippen molar-refractivity contribution in [2.45, 2.75) is 20.8 Å². The van der Waals surface area contributed by atoms with Gasteiger partial charge in [0.1, 0.15) is 5.82 Å². The Hall–Kier alpha value is -2.13. The van der Waals surface area contributed by atoms with Crippen LogP contribution in [-0.4, -0.2) is 10.4 Å². The van der Waals surface area contributed by atoms with Crippen molar-refractivity contribution < 1.29 is 9.18 Å². The summed E-state index contributed by atoms with van der Waals surface area (Å²) in [7, 11) is 0. The van der Waals surface area contributed by atoms with Crippen molar-refractivity contribution in [3.63, 3.8) is 0 Å². The van der Waals surface area contributed by atoms with E-state index in [4.69, 9.17) is 11.6 Å². The van der Waals surface area contributed by atoms with Crippen molar-refractivity contribution in [2.75, 3.05) is 0 Å². The predicted molar refractivity (Wildman–Crippen MR) is 89.6 cm³/mol. The SMILES string of the molecule is CC.CC(=O)c1cc2c(Cl)cccc2n1-c1cccc(F)c1. The first kappa shape index (κ1) is 16.2. The van der Waals surface area contributed by atoms with Crippen molar-refractivity contribution >= 4 is 28.3 Å². The molecular formula is C18H17ClFNO. The number of aromatic nitrogens is 1. The molecule has 2 nitrogen and oxygen atoms in total. The van der Waals surface area contributed by atoms with Gasteiger partial charge < -0.3 is 4.57 Å². The fourth-order valence-electron chi connectivity index (χ4n) is 2.35. The normalized spacial score (nSPS) is 10.2. The molecule has 3 rings (SSSR count). The van der Waals surface area contributed by atoms with Gasteiger partial charge >= 0.3 is 0 Å². The third-order valence-corrected chi connectivity index (χ3v) is 3.55. The molecule has 0 aliphatic heterocycles. The Morgan fingerprint density at radius 1 is 1.09 bits per heavy atom. The van der Waals surface area contributed by atoms with E-state index in [-0.39, 0.29) is 11.6 Å². The number of rotatable bonds is 2. The molecule has 0 aliphatic rings. The van der Waals surface area contributed by atoms with Gasteiger partial charge in [0.15, 0.2) is 5.78 Å². The van der Waals surface area contributed by atoms with Crippen molar-refractivity contribution in [1.29, 1.82) is 0 Å². The van der Waals surface area contributed by atoms with E-state index in [1.807, 2.05) is 26.0 Å². The van der Waals surface area contributed by atoms with Gasteiger partial charge in [0, 0.05) is 23.0 Å². The van der Waals surface area contributed by atoms with Gasteiger partial charge in [-0.05, 0) is 36.4 Å². The third-order valence-electron chi connectivity index (χ3n) is 3.22. The van der Waals surface area contributed by atoms with Gasteiger partial charge in [-0.15, -0.1) is 0 Å². The molecule has 0 bridgehead atoms. The molecule has 0 radical (unpaired) electrons. The lowest BCUT2D eigenvalue weighted by atomic mass is 10.2. The van der Waals surface area contributed by atoms with Crippen LogP contribution in [0.5, 0.6) is 0 Å². The first-order valence-electron chi connectivity index (χ1n) is 7.15. The molecule has 1 aromatic heterocycles. The topological polar surface area (TPSA) is 22.0 Å². The fourth-order valence-corrected chi connectivity index (χ4v) is 2.57. The Morgan fingerprint density at radius 3 is 2.41 bits per heavy atom. The number of ketones is 1. The molecular weight excluding hydrogens is 301 g/mol. The van der Waals surface area contributed by atoms with Gasteiger partial charge in [0.25, 0.3) is 0 Å². The Kier molecular flexibility index (Phi) is 4.99. The van der Waals surface area contributed by atoms with Gasteiger partial charge in [-0.25, -0.2) is 4.39 Å². The number of hydrogen-bond donors (Lipinski definition) is 0. The second-order valence-corrected chi connectivity index (χ2v) is 4.98. The highest BCUT2D eigenvalue weighted by atomic mass is 35.5. The summed E-state index contributed by atoms with van der Waals surface area (Å²) < 4.78 is 15.2. The van der Waals surface area contributed by atoms with E-state index in [2.05, 4.69) is 0 Å². The van der Waals surface area contributed by atoms with E-state index < -0.39 is 0 Å². The number of benzene rings is 2. The zero-order chi connectivity index (χ0) is 16.3. The number of carbonyl (C=O) groups excluding carboxylic acids is 1. The molecule has 1 heterocycles. The average molecular weight is 318 g/mol. The Labute approximate surface area is 134 Å². The van der Waals surface area contributed by atoms with Crippen LogP contribution in [0, 0.1) is 5.82 Å². The second-order valence-electron chi connectivity index (χ2n) is 4.57. The van der Waals surface area contributed by atoms with Gasteiger partial charge in [0.05, 0.1) is 11.2 Å². The number of halogens is 2. The molecule has 0 amide bonds. The molecule has 0 fully saturated rings. The highest BCUT2D eigenvalue weighted by Gasteiger charge is 2.15. The Balaban J connectivity index is 0.000000847. The number of fused-ring (bicyclic) bond motifs is 1. The maximum absolute atomic E-state index is 13.4. The summed E-state index contributed by atoms with van der Waals surface area (Å²) in [5.41, 5.74) is 1.87. The molecule has 0 saturated carbocycles. The Morgan fingerprint density at radius 2 is 1.77 bits per heavy atom. The molecule has 0 N–H and O–H groups in total. The largest absolute Gasteiger partial charge is 0.306 e. The highest BCUT2D eigenvalue weighted by Crippen LogP contribution is 2.30. The number of Topliss-reactive ketones (excluding diaryl/α,β-unsaturated/α-hetero) is 1. The molecule has 0 spiro atoms. The van der Waals surface area contributed by atoms with Crippen LogP contribution < -0.4 is 0 Å². The van der Waals surface area contributed by atoms with Crippen LogP contribution in [0.2, 0.25) is 5.02 Å². The molecule has 3 aromatic rings. The van der Waals surface area contributed by atoms with E-state index in [0.29, 0.717) is 16.4 Å². The summed E-state index contributed by atoms with van der Waals surface area (Å²) in [4.78, 5) is 11.8. The smallest absolute Gasteiger partial charge is 0.176 e. The fraction of sp³-hybridized carbons (Fsp3) is 0.167. The molecule has 0 atom stereocenters. The standard InChI is InChI=1S/C16H11ClFNO.C2H6/c1-10(20)16-9-13-14(17)6-3-7-15(13)19(16)12-5-2-4-11(18)8-12;1-2/h2-9H,1H3;1-2H3. The van der Waals surface area contributed by atoms with Crippen LogP contribution in [0.1, 0.15) is 31.3 Å². The van der Waals surface area contributed by atoms with Gasteiger partial charge in [-0.1, -0.05) is 37.6 Å². The number of hydrogen-bond acceptors (Lipinski definition) is 1. The van der Waals surface area contributed by atoms with Crippen LogP contribution in [0.4, 0.5) is 4.39 Å². The van der Waals surface area contributed by atoms with Gasteiger partial charge in [-0.3, -0.25) is 4.79 Å². The summed E-state index contributed by atoms with van der Waals surface area (Å²) in [5, 5.41) is 1.35. The monoisotopic (exact) mass is 317 g/mol. The summed E-state index contributed by atoms with van der Waals surface area (Å²) in [6.45, 7) is 5.48. The first-order valence-corrected chi connectivity index (χ1v) is 7.52. The van der Waals surface area contributed by atoms with Crippen LogP contribution in [0.25, 0.3) is 16.6 Å². The zero-order valence-corrected chi connectivity index (χ0v) is 13.5. The molecule has 0 saturated heterocycles. The van der Waals surface area contributed by atoms with Crippen molar-refractivity contribution in [2.24, 2.45) is 0 Å². The third kappa shape index (κ3) is 2.90. The maximum atomic E-state index is 13.4. The van der Waals surface area contributed by atoms with Gasteiger partial charge in [-0.2, -0.15) is 0 Å². The minimum absolute atomic E-state index is 0.0958. The molecule has 22 heavy (non-hydrogen) atoms. The summed E-state index contributed by atoms with van der Waals surface area (Å²) >= 11 is 6.17. The first-order chi connectivity index (χ1) is 10.6. The predicted octanol–water partition coefficient (Wildman–Crippen LogP) is 5.65. The minimum atomic E-state index is -0.346. The summed E-state index contributed by atoms with van der Waals surface area (Å²) in [5.74, 6) is -0.442. The number of nitrogens with zero attached hydrogens (tertiary/aromatic N) is 1. The van der Waals surface area contributed by atoms with E-state index in [9.17, 15) is 9.18 Å². The van der Waals surface area contributed by atoms with Crippen LogP contribution in [0.3, 0.4) is 0 Å². The Bertz CT molecular complexity index is 823. The maximum Gasteiger partial charge on any atom is 0.176 e. The van der Waals surface area contributed by atoms with E-state index in [1.165, 1.54) is 19.1 Å². The number of carbonyl (C=O) groups is 1. The van der Waals surface area contributed by atoms with E-state index in [0.717, 1.165) is 10.9 Å². The van der Waals surface area contributed by atoms with Crippen molar-refractivity contribution in [3.8, 4) is 5.69 Å². The van der Waals surface area contributed by atoms with Crippen molar-refractivity contribution in [1.82, 2.24) is 4.57 Å². The minimum Gasteiger partial charge on any atom is -0.306 e. The quantitative estimate of drug-likeness (QED) is 0.560. The molecule has 114 valence electrons. The van der Waals surface area contributed by atoms with Crippen molar-refractivity contribution in [3.05, 3.63) is 65.1 Å². The molecule has 2 aromatic carbocycles. The van der Waals surface area contributed by atoms with Crippen LogP contribution >= 0.6 is 11.6 Å². The highest BCUT2D eigenvalue weighted by molar-refractivity contribution is 6.35. The second kappa shape index (κ2) is 6.75. The zero-order valence-electron chi connectivity index (χ0n) is 12.7. The molecule has 0 unspecified atom stereocenters. The van der Waals surface area contributed by atoms with Gasteiger partial charge in [0.2, 0.25) is 0 Å². The van der Waals surface area contributed by atoms with Crippen LogP contribution in [0.15, 0.2) is 48.5 Å². The van der Waals surface area contributed by atoms with E-state index in [1.54, 1.807) is 28.8 Å². The lowest BCUT2D eigenvalue weighted by Crippen LogP contribution is -2.04. The summed E-state index contributed by atoms with van der Waals surface area (Å²) in [6, 6.07) is 13.3. The van der Waals surface area contributed by atoms with Crippen LogP contribution in [-0.2, 0) is 0 Å². The van der Waals surface area contributed by atoms with E-state index >= 15 is 0 Å². The summed E-state index contributed by atoms with van der Waals surface area (Å²) in [6.07, 6.45) is 0. The molecule has 0 aliphatic carbocycles. The lowest BCUT2D eigenvalue weighted by Gasteiger charge is -2.09. The lowest BCUT2D eigenvalue weighted by molar-refractivity contribution is 0.101. The average Bonchev–Trinajstić information content (AvgIpc) is 2.90.